The van der Waals surface area contributed by atoms with Crippen molar-refractivity contribution in [3.8, 4) is 22.3 Å². The molecule has 71 heavy (non-hydrogen) atoms. The van der Waals surface area contributed by atoms with E-state index in [1.807, 2.05) is 0 Å². The highest BCUT2D eigenvalue weighted by molar-refractivity contribution is 7.00. The topological polar surface area (TPSA) is 13.0 Å². The van der Waals surface area contributed by atoms with Gasteiger partial charge in [0.1, 0.15) is 0 Å². The van der Waals surface area contributed by atoms with Crippen LogP contribution in [0.2, 0.25) is 0 Å². The molecule has 0 aromatic heterocycles. The molecule has 2 aliphatic rings. The molecule has 0 unspecified atom stereocenters. The molecule has 4 nitrogen and oxygen atoms in total. The summed E-state index contributed by atoms with van der Waals surface area (Å²) in [6, 6.07) is 103. The lowest BCUT2D eigenvalue weighted by Crippen LogP contribution is -2.61. The van der Waals surface area contributed by atoms with Crippen molar-refractivity contribution in [1.82, 2.24) is 0 Å². The normalized spacial score (nSPS) is 12.1. The van der Waals surface area contributed by atoms with E-state index in [0.29, 0.717) is 0 Å². The van der Waals surface area contributed by atoms with E-state index in [1.165, 1.54) is 44.3 Å². The number of anilines is 12. The maximum absolute atomic E-state index is 2.51. The maximum atomic E-state index is 2.51. The molecule has 11 aromatic rings. The lowest BCUT2D eigenvalue weighted by atomic mass is 9.33. The Morgan fingerprint density at radius 2 is 0.577 bits per heavy atom. The Balaban J connectivity index is 1.06. The van der Waals surface area contributed by atoms with Gasteiger partial charge in [0.15, 0.2) is 0 Å². The highest BCUT2D eigenvalue weighted by atomic mass is 15.2. The second kappa shape index (κ2) is 18.0. The van der Waals surface area contributed by atoms with E-state index < -0.39 is 0 Å². The molecule has 334 valence electrons. The van der Waals surface area contributed by atoms with Gasteiger partial charge in [0.25, 0.3) is 6.71 Å². The number of fused-ring (bicyclic) bond motifs is 4. The third kappa shape index (κ3) is 7.52. The third-order valence-electron chi connectivity index (χ3n) is 14.0. The molecule has 0 bridgehead atoms. The number of para-hydroxylation sites is 5. The number of benzene rings is 11. The molecule has 0 N–H and O–H groups in total. The molecule has 0 radical (unpaired) electrons. The SMILES string of the molecule is c1ccc(-c2ccc(N(c3ccc(-c4ccccc4)cc3)c3ccc4c(c3)N(c3ccccc3)c3cc(N(c5ccccc5)c5ccccc5)cc5c3B4c3ccccc3N5c3ccccc3)cc2)cc1. The van der Waals surface area contributed by atoms with Gasteiger partial charge >= 0.3 is 0 Å². The van der Waals surface area contributed by atoms with E-state index in [9.17, 15) is 0 Å². The van der Waals surface area contributed by atoms with Crippen molar-refractivity contribution in [3.63, 3.8) is 0 Å². The number of hydrogen-bond acceptors (Lipinski definition) is 4. The first-order valence-corrected chi connectivity index (χ1v) is 24.4. The number of hydrogen-bond donors (Lipinski definition) is 0. The molecule has 0 fully saturated rings. The van der Waals surface area contributed by atoms with Crippen molar-refractivity contribution in [1.29, 1.82) is 0 Å². The van der Waals surface area contributed by atoms with Crippen LogP contribution in [0.1, 0.15) is 0 Å². The Morgan fingerprint density at radius 1 is 0.239 bits per heavy atom. The predicted molar refractivity (Wildman–Crippen MR) is 301 cm³/mol. The van der Waals surface area contributed by atoms with Gasteiger partial charge in [-0.1, -0.05) is 182 Å². The van der Waals surface area contributed by atoms with Crippen molar-refractivity contribution in [3.05, 3.63) is 285 Å². The third-order valence-corrected chi connectivity index (χ3v) is 14.0. The summed E-state index contributed by atoms with van der Waals surface area (Å²) in [6.07, 6.45) is 0. The first kappa shape index (κ1) is 41.8. The van der Waals surface area contributed by atoms with Crippen LogP contribution in [0.4, 0.5) is 68.2 Å². The van der Waals surface area contributed by atoms with Gasteiger partial charge in [-0.2, -0.15) is 0 Å². The molecule has 0 amide bonds. The fourth-order valence-corrected chi connectivity index (χ4v) is 10.8. The van der Waals surface area contributed by atoms with Crippen LogP contribution >= 0.6 is 0 Å². The van der Waals surface area contributed by atoms with Crippen LogP contribution in [0.3, 0.4) is 0 Å². The van der Waals surface area contributed by atoms with Crippen LogP contribution in [-0.4, -0.2) is 6.71 Å². The predicted octanol–water partition coefficient (Wildman–Crippen LogP) is 16.0. The van der Waals surface area contributed by atoms with E-state index in [1.54, 1.807) is 0 Å². The minimum absolute atomic E-state index is 0.0557. The average molecular weight is 907 g/mol. The molecule has 13 rings (SSSR count). The standard InChI is InChI=1S/C66H47BN4/c1-7-21-48(22-8-1)50-35-39-56(40-36-50)68(57-41-37-51(38-42-57)49-23-9-2-10-24-49)58-43-44-61-63(45-58)71(55-31-17-6-18-32-55)65-47-59(69(52-25-11-3-12-26-52)53-27-13-4-14-28-53)46-64-66(65)67(61)60-33-19-20-34-62(60)70(64)54-29-15-5-16-30-54/h1-47H. The molecule has 0 saturated heterocycles. The van der Waals surface area contributed by atoms with Crippen molar-refractivity contribution in [2.45, 2.75) is 0 Å². The Bertz CT molecular complexity index is 3510. The van der Waals surface area contributed by atoms with Crippen LogP contribution in [0.25, 0.3) is 22.3 Å². The summed E-state index contributed by atoms with van der Waals surface area (Å²) in [5, 5.41) is 0. The van der Waals surface area contributed by atoms with Crippen molar-refractivity contribution < 1.29 is 0 Å². The first-order valence-electron chi connectivity index (χ1n) is 24.4. The second-order valence-corrected chi connectivity index (χ2v) is 18.1. The Labute approximate surface area is 416 Å². The molecule has 5 heteroatoms. The van der Waals surface area contributed by atoms with Gasteiger partial charge in [0, 0.05) is 62.6 Å². The van der Waals surface area contributed by atoms with Crippen molar-refractivity contribution >= 4 is 91.3 Å². The van der Waals surface area contributed by atoms with E-state index in [-0.39, 0.29) is 6.71 Å². The fourth-order valence-electron chi connectivity index (χ4n) is 10.8. The van der Waals surface area contributed by atoms with Crippen LogP contribution in [0, 0.1) is 0 Å². The zero-order valence-corrected chi connectivity index (χ0v) is 39.0. The summed E-state index contributed by atoms with van der Waals surface area (Å²) < 4.78 is 0. The van der Waals surface area contributed by atoms with Crippen molar-refractivity contribution in [2.24, 2.45) is 0 Å². The molecular formula is C66H47BN4. The summed E-state index contributed by atoms with van der Waals surface area (Å²) in [5.74, 6) is 0. The van der Waals surface area contributed by atoms with Crippen LogP contribution < -0.4 is 36.0 Å². The van der Waals surface area contributed by atoms with Gasteiger partial charge in [-0.25, -0.2) is 0 Å². The van der Waals surface area contributed by atoms with Gasteiger partial charge in [-0.15, -0.1) is 0 Å². The lowest BCUT2D eigenvalue weighted by molar-refractivity contribution is 1.22. The summed E-state index contributed by atoms with van der Waals surface area (Å²) in [5.41, 5.74) is 21.8. The zero-order chi connectivity index (χ0) is 47.1. The van der Waals surface area contributed by atoms with E-state index in [4.69, 9.17) is 0 Å². The molecule has 2 aliphatic heterocycles. The second-order valence-electron chi connectivity index (χ2n) is 18.1. The zero-order valence-electron chi connectivity index (χ0n) is 39.0. The highest BCUT2D eigenvalue weighted by Crippen LogP contribution is 2.49. The highest BCUT2D eigenvalue weighted by Gasteiger charge is 2.44. The van der Waals surface area contributed by atoms with Gasteiger partial charge in [-0.05, 0) is 142 Å². The number of rotatable bonds is 10. The van der Waals surface area contributed by atoms with Crippen LogP contribution in [0.15, 0.2) is 285 Å². The first-order chi connectivity index (χ1) is 35.2. The maximum Gasteiger partial charge on any atom is 0.252 e. The minimum Gasteiger partial charge on any atom is -0.311 e. The summed E-state index contributed by atoms with van der Waals surface area (Å²) >= 11 is 0. The molecular weight excluding hydrogens is 860 g/mol. The van der Waals surface area contributed by atoms with E-state index in [0.717, 1.165) is 62.6 Å². The number of nitrogens with zero attached hydrogens (tertiary/aromatic N) is 4. The van der Waals surface area contributed by atoms with Crippen LogP contribution in [-0.2, 0) is 0 Å². The minimum atomic E-state index is -0.0557. The summed E-state index contributed by atoms with van der Waals surface area (Å²) in [4.78, 5) is 9.79. The Kier molecular flexibility index (Phi) is 10.6. The molecule has 0 spiro atoms. The van der Waals surface area contributed by atoms with Crippen molar-refractivity contribution in [2.75, 3.05) is 19.6 Å². The average Bonchev–Trinajstić information content (AvgIpc) is 3.45. The van der Waals surface area contributed by atoms with Gasteiger partial charge in [-0.3, -0.25) is 0 Å². The fraction of sp³-hybridized carbons (Fsp3) is 0. The van der Waals surface area contributed by atoms with Crippen LogP contribution in [0.5, 0.6) is 0 Å². The molecule has 0 aliphatic carbocycles. The summed E-state index contributed by atoms with van der Waals surface area (Å²) in [6.45, 7) is -0.0557. The Morgan fingerprint density at radius 3 is 1.07 bits per heavy atom. The smallest absolute Gasteiger partial charge is 0.252 e. The summed E-state index contributed by atoms with van der Waals surface area (Å²) in [7, 11) is 0. The molecule has 11 aromatic carbocycles. The van der Waals surface area contributed by atoms with Gasteiger partial charge in [0.05, 0.1) is 5.69 Å². The monoisotopic (exact) mass is 906 g/mol. The molecule has 2 heterocycles. The molecule has 0 saturated carbocycles. The van der Waals surface area contributed by atoms with Gasteiger partial charge in [0.2, 0.25) is 0 Å². The molecule has 0 atom stereocenters. The largest absolute Gasteiger partial charge is 0.311 e. The lowest BCUT2D eigenvalue weighted by Gasteiger charge is -2.45. The van der Waals surface area contributed by atoms with E-state index >= 15 is 0 Å². The quantitative estimate of drug-likeness (QED) is 0.127. The van der Waals surface area contributed by atoms with Gasteiger partial charge < -0.3 is 19.6 Å². The van der Waals surface area contributed by atoms with E-state index in [2.05, 4.69) is 305 Å². The Hall–Kier alpha value is -9.32.